The van der Waals surface area contributed by atoms with E-state index >= 15 is 0 Å². The number of aryl methyl sites for hydroxylation is 1. The highest BCUT2D eigenvalue weighted by molar-refractivity contribution is 5.85. The fourth-order valence-electron chi connectivity index (χ4n) is 1.66. The summed E-state index contributed by atoms with van der Waals surface area (Å²) in [7, 11) is 1.79. The zero-order valence-electron chi connectivity index (χ0n) is 9.81. The summed E-state index contributed by atoms with van der Waals surface area (Å²) in [5, 5.41) is 4.15. The van der Waals surface area contributed by atoms with Gasteiger partial charge in [-0.05, 0) is 24.1 Å². The molecule has 0 saturated heterocycles. The Hall–Kier alpha value is -1.46. The van der Waals surface area contributed by atoms with Crippen molar-refractivity contribution in [3.05, 3.63) is 53.4 Å². The summed E-state index contributed by atoms with van der Waals surface area (Å²) >= 11 is 0. The molecular formula is C12H14ClF2N3. The number of hydrogen-bond acceptors (Lipinski definition) is 2. The topological polar surface area (TPSA) is 43.8 Å². The first-order valence-corrected chi connectivity index (χ1v) is 5.25. The monoisotopic (exact) mass is 273 g/mol. The molecule has 1 atom stereocenters. The van der Waals surface area contributed by atoms with E-state index in [-0.39, 0.29) is 12.4 Å². The lowest BCUT2D eigenvalue weighted by Gasteiger charge is -2.09. The highest BCUT2D eigenvalue weighted by Crippen LogP contribution is 2.17. The fraction of sp³-hybridized carbons (Fsp3) is 0.250. The lowest BCUT2D eigenvalue weighted by Crippen LogP contribution is -2.15. The van der Waals surface area contributed by atoms with Crippen molar-refractivity contribution in [1.29, 1.82) is 0 Å². The van der Waals surface area contributed by atoms with Gasteiger partial charge < -0.3 is 5.73 Å². The molecule has 18 heavy (non-hydrogen) atoms. The average Bonchev–Trinajstić information content (AvgIpc) is 2.69. The third-order valence-electron chi connectivity index (χ3n) is 2.57. The van der Waals surface area contributed by atoms with Crippen LogP contribution in [0.1, 0.15) is 17.3 Å². The van der Waals surface area contributed by atoms with Crippen LogP contribution in [-0.4, -0.2) is 9.78 Å². The van der Waals surface area contributed by atoms with E-state index in [1.54, 1.807) is 24.0 Å². The molecule has 1 unspecified atom stereocenters. The smallest absolute Gasteiger partial charge is 0.129 e. The summed E-state index contributed by atoms with van der Waals surface area (Å²) < 4.78 is 27.8. The zero-order chi connectivity index (χ0) is 12.4. The number of rotatable bonds is 3. The van der Waals surface area contributed by atoms with Gasteiger partial charge in [0.25, 0.3) is 0 Å². The third kappa shape index (κ3) is 3.27. The van der Waals surface area contributed by atoms with E-state index in [4.69, 9.17) is 5.73 Å². The molecule has 3 nitrogen and oxygen atoms in total. The minimum absolute atomic E-state index is 0. The molecule has 2 rings (SSSR count). The van der Waals surface area contributed by atoms with Gasteiger partial charge in [-0.15, -0.1) is 12.4 Å². The van der Waals surface area contributed by atoms with Gasteiger partial charge in [-0.3, -0.25) is 4.68 Å². The molecule has 0 fully saturated rings. The molecule has 0 aliphatic rings. The molecule has 2 N–H and O–H groups in total. The van der Waals surface area contributed by atoms with Crippen LogP contribution in [0, 0.1) is 11.6 Å². The Bertz CT molecular complexity index is 528. The van der Waals surface area contributed by atoms with Gasteiger partial charge in [0.2, 0.25) is 0 Å². The van der Waals surface area contributed by atoms with Gasteiger partial charge in [0.15, 0.2) is 0 Å². The SMILES string of the molecule is Cl.Cn1ccc(C(N)Cc2ccc(F)cc2F)n1. The second kappa shape index (κ2) is 5.93. The molecule has 98 valence electrons. The Labute approximate surface area is 110 Å². The highest BCUT2D eigenvalue weighted by Gasteiger charge is 2.13. The Morgan fingerprint density at radius 1 is 1.33 bits per heavy atom. The number of hydrogen-bond donors (Lipinski definition) is 1. The second-order valence-corrected chi connectivity index (χ2v) is 3.96. The van der Waals surface area contributed by atoms with Crippen LogP contribution in [0.25, 0.3) is 0 Å². The highest BCUT2D eigenvalue weighted by atomic mass is 35.5. The number of aromatic nitrogens is 2. The maximum atomic E-state index is 13.4. The lowest BCUT2D eigenvalue weighted by molar-refractivity contribution is 0.559. The molecule has 0 radical (unpaired) electrons. The number of halogens is 3. The molecule has 1 aromatic carbocycles. The quantitative estimate of drug-likeness (QED) is 0.933. The Morgan fingerprint density at radius 2 is 2.06 bits per heavy atom. The van der Waals surface area contributed by atoms with Crippen LogP contribution in [-0.2, 0) is 13.5 Å². The molecule has 0 aliphatic carbocycles. The van der Waals surface area contributed by atoms with Crippen LogP contribution in [0.2, 0.25) is 0 Å². The summed E-state index contributed by atoms with van der Waals surface area (Å²) in [6.45, 7) is 0. The lowest BCUT2D eigenvalue weighted by atomic mass is 10.0. The van der Waals surface area contributed by atoms with Gasteiger partial charge in [-0.25, -0.2) is 8.78 Å². The molecule has 1 aromatic heterocycles. The van der Waals surface area contributed by atoms with Crippen molar-refractivity contribution in [2.45, 2.75) is 12.5 Å². The summed E-state index contributed by atoms with van der Waals surface area (Å²) in [6, 6.07) is 4.89. The number of nitrogens with zero attached hydrogens (tertiary/aromatic N) is 2. The van der Waals surface area contributed by atoms with Crippen LogP contribution in [0.5, 0.6) is 0 Å². The van der Waals surface area contributed by atoms with Crippen molar-refractivity contribution in [1.82, 2.24) is 9.78 Å². The Kier molecular flexibility index (Phi) is 4.81. The van der Waals surface area contributed by atoms with Gasteiger partial charge >= 0.3 is 0 Å². The molecule has 0 spiro atoms. The molecule has 0 bridgehead atoms. The maximum Gasteiger partial charge on any atom is 0.129 e. The summed E-state index contributed by atoms with van der Waals surface area (Å²) in [5.41, 5.74) is 7.00. The van der Waals surface area contributed by atoms with Crippen molar-refractivity contribution >= 4 is 12.4 Å². The molecule has 0 amide bonds. The predicted molar refractivity (Wildman–Crippen MR) is 67.4 cm³/mol. The van der Waals surface area contributed by atoms with Gasteiger partial charge in [0.05, 0.1) is 11.7 Å². The van der Waals surface area contributed by atoms with Crippen LogP contribution in [0.3, 0.4) is 0 Å². The van der Waals surface area contributed by atoms with Crippen LogP contribution >= 0.6 is 12.4 Å². The van der Waals surface area contributed by atoms with E-state index in [0.29, 0.717) is 17.7 Å². The van der Waals surface area contributed by atoms with Gasteiger partial charge in [0, 0.05) is 19.3 Å². The zero-order valence-corrected chi connectivity index (χ0v) is 10.6. The van der Waals surface area contributed by atoms with Crippen molar-refractivity contribution < 1.29 is 8.78 Å². The molecule has 1 heterocycles. The van der Waals surface area contributed by atoms with E-state index in [0.717, 1.165) is 6.07 Å². The molecule has 0 aliphatic heterocycles. The van der Waals surface area contributed by atoms with E-state index in [9.17, 15) is 8.78 Å². The minimum Gasteiger partial charge on any atom is -0.322 e. The fourth-order valence-corrected chi connectivity index (χ4v) is 1.66. The molecule has 2 aromatic rings. The van der Waals surface area contributed by atoms with Gasteiger partial charge in [-0.2, -0.15) is 5.10 Å². The van der Waals surface area contributed by atoms with Crippen molar-refractivity contribution in [3.63, 3.8) is 0 Å². The van der Waals surface area contributed by atoms with Gasteiger partial charge in [0.1, 0.15) is 11.6 Å². The van der Waals surface area contributed by atoms with E-state index < -0.39 is 17.7 Å². The normalized spacial score (nSPS) is 12.0. The number of nitrogens with two attached hydrogens (primary N) is 1. The third-order valence-corrected chi connectivity index (χ3v) is 2.57. The van der Waals surface area contributed by atoms with E-state index in [1.807, 2.05) is 0 Å². The Morgan fingerprint density at radius 3 is 2.61 bits per heavy atom. The van der Waals surface area contributed by atoms with Crippen LogP contribution < -0.4 is 5.73 Å². The largest absolute Gasteiger partial charge is 0.322 e. The summed E-state index contributed by atoms with van der Waals surface area (Å²) in [4.78, 5) is 0. The first kappa shape index (κ1) is 14.6. The first-order valence-electron chi connectivity index (χ1n) is 5.25. The van der Waals surface area contributed by atoms with E-state index in [1.165, 1.54) is 12.1 Å². The Balaban J connectivity index is 0.00000162. The van der Waals surface area contributed by atoms with Crippen molar-refractivity contribution in [2.75, 3.05) is 0 Å². The first-order chi connectivity index (χ1) is 8.06. The maximum absolute atomic E-state index is 13.4. The minimum atomic E-state index is -0.586. The average molecular weight is 274 g/mol. The van der Waals surface area contributed by atoms with Crippen LogP contribution in [0.4, 0.5) is 8.78 Å². The van der Waals surface area contributed by atoms with Crippen molar-refractivity contribution in [2.24, 2.45) is 12.8 Å². The predicted octanol–water partition coefficient (Wildman–Crippen LogP) is 2.36. The van der Waals surface area contributed by atoms with Crippen molar-refractivity contribution in [3.8, 4) is 0 Å². The van der Waals surface area contributed by atoms with Gasteiger partial charge in [-0.1, -0.05) is 6.07 Å². The standard InChI is InChI=1S/C12H13F2N3.ClH/c1-17-5-4-12(16-17)11(15)6-8-2-3-9(13)7-10(8)14;/h2-5,7,11H,6,15H2,1H3;1H. The second-order valence-electron chi connectivity index (χ2n) is 3.96. The molecular weight excluding hydrogens is 260 g/mol. The van der Waals surface area contributed by atoms with Crippen LogP contribution in [0.15, 0.2) is 30.5 Å². The molecule has 6 heteroatoms. The summed E-state index contributed by atoms with van der Waals surface area (Å²) in [5.74, 6) is -1.16. The van der Waals surface area contributed by atoms with E-state index in [2.05, 4.69) is 5.10 Å². The number of benzene rings is 1. The molecule has 0 saturated carbocycles. The summed E-state index contributed by atoms with van der Waals surface area (Å²) in [6.07, 6.45) is 2.07.